The zero-order valence-electron chi connectivity index (χ0n) is 17.6. The van der Waals surface area contributed by atoms with Crippen LogP contribution >= 0.6 is 11.8 Å². The molecule has 0 aliphatic carbocycles. The van der Waals surface area contributed by atoms with Crippen molar-refractivity contribution in [2.75, 3.05) is 23.9 Å². The summed E-state index contributed by atoms with van der Waals surface area (Å²) in [6.45, 7) is 2.48. The Hall–Kier alpha value is -3.29. The number of carboxylic acids is 1. The molecule has 13 heteroatoms. The van der Waals surface area contributed by atoms with Gasteiger partial charge in [-0.3, -0.25) is 19.8 Å². The molecule has 12 nitrogen and oxygen atoms in total. The van der Waals surface area contributed by atoms with Gasteiger partial charge in [0, 0.05) is 23.6 Å². The molecule has 2 saturated heterocycles. The van der Waals surface area contributed by atoms with Crippen LogP contribution in [0.25, 0.3) is 0 Å². The lowest BCUT2D eigenvalue weighted by molar-refractivity contribution is -0.163. The molecular formula is C20H21N7O5S. The van der Waals surface area contributed by atoms with Crippen molar-refractivity contribution < 1.29 is 24.2 Å². The number of carboxylic acid groups (broad SMARTS) is 1. The Morgan fingerprint density at radius 3 is 2.85 bits per heavy atom. The SMILES string of the molecule is CCN(C(=O)Cn1nnnc1SCC1=C(C(=O)O)N2C(=O)[C@H]3NCOC1[C@H]32)c1ccccc1. The Kier molecular flexibility index (Phi) is 5.60. The van der Waals surface area contributed by atoms with Crippen LogP contribution in [-0.2, 0) is 25.7 Å². The second-order valence-corrected chi connectivity index (χ2v) is 8.62. The predicted molar refractivity (Wildman–Crippen MR) is 115 cm³/mol. The van der Waals surface area contributed by atoms with E-state index in [-0.39, 0.29) is 42.6 Å². The molecule has 1 aromatic heterocycles. The molecule has 3 atom stereocenters. The second kappa shape index (κ2) is 8.57. The third kappa shape index (κ3) is 3.57. The van der Waals surface area contributed by atoms with E-state index >= 15 is 0 Å². The number of thioether (sulfide) groups is 1. The number of anilines is 1. The molecule has 1 unspecified atom stereocenters. The lowest BCUT2D eigenvalue weighted by Crippen LogP contribution is -2.73. The number of hydrogen-bond acceptors (Lipinski definition) is 9. The van der Waals surface area contributed by atoms with Crippen LogP contribution in [0.1, 0.15) is 6.92 Å². The molecule has 2 amide bonds. The number of amides is 2. The van der Waals surface area contributed by atoms with E-state index in [1.54, 1.807) is 4.90 Å². The van der Waals surface area contributed by atoms with Crippen molar-refractivity contribution in [2.24, 2.45) is 0 Å². The number of para-hydroxylation sites is 1. The Bertz CT molecular complexity index is 1140. The van der Waals surface area contributed by atoms with E-state index in [0.717, 1.165) is 5.69 Å². The van der Waals surface area contributed by atoms with Gasteiger partial charge in [0.1, 0.15) is 24.4 Å². The fraction of sp³-hybridized carbons (Fsp3) is 0.400. The Balaban J connectivity index is 1.32. The van der Waals surface area contributed by atoms with Crippen LogP contribution in [0.15, 0.2) is 46.8 Å². The van der Waals surface area contributed by atoms with E-state index in [0.29, 0.717) is 17.3 Å². The molecule has 1 aromatic carbocycles. The Labute approximate surface area is 192 Å². The van der Waals surface area contributed by atoms with Crippen molar-refractivity contribution in [3.63, 3.8) is 0 Å². The lowest BCUT2D eigenvalue weighted by atomic mass is 9.91. The van der Waals surface area contributed by atoms with E-state index in [4.69, 9.17) is 4.74 Å². The summed E-state index contributed by atoms with van der Waals surface area (Å²) in [7, 11) is 0. The number of β-lactam (4-membered cyclic amide) rings is 1. The molecule has 0 spiro atoms. The molecule has 0 bridgehead atoms. The summed E-state index contributed by atoms with van der Waals surface area (Å²) in [5, 5.41) is 24.7. The maximum Gasteiger partial charge on any atom is 0.352 e. The fourth-order valence-corrected chi connectivity index (χ4v) is 5.40. The molecule has 2 aromatic rings. The minimum absolute atomic E-state index is 0.0428. The fourth-order valence-electron chi connectivity index (χ4n) is 4.47. The average molecular weight is 471 g/mol. The van der Waals surface area contributed by atoms with Gasteiger partial charge in [-0.25, -0.2) is 9.48 Å². The van der Waals surface area contributed by atoms with Crippen LogP contribution in [-0.4, -0.2) is 85.2 Å². The smallest absolute Gasteiger partial charge is 0.352 e. The van der Waals surface area contributed by atoms with Crippen LogP contribution in [0.2, 0.25) is 0 Å². The average Bonchev–Trinajstić information content (AvgIpc) is 3.39. The summed E-state index contributed by atoms with van der Waals surface area (Å²) in [4.78, 5) is 40.1. The third-order valence-electron chi connectivity index (χ3n) is 5.94. The van der Waals surface area contributed by atoms with Crippen LogP contribution in [0, 0.1) is 0 Å². The molecule has 2 N–H and O–H groups in total. The van der Waals surface area contributed by atoms with Gasteiger partial charge in [-0.15, -0.1) is 5.10 Å². The highest BCUT2D eigenvalue weighted by Crippen LogP contribution is 2.43. The monoisotopic (exact) mass is 471 g/mol. The highest BCUT2D eigenvalue weighted by atomic mass is 32.2. The van der Waals surface area contributed by atoms with Crippen molar-refractivity contribution in [2.45, 2.75) is 36.8 Å². The standard InChI is InChI=1S/C20H21N7O5S/c1-2-25(11-6-4-3-5-7-11)13(28)8-26-20(22-23-24-26)33-9-12-15(19(30)31)27-16-14(18(27)29)21-10-32-17(12)16/h3-7,14,16-17,21H,2,8-10H2,1H3,(H,30,31)/t14-,16-,17?/m0/s1. The number of rotatable bonds is 8. The number of carbonyl (C=O) groups excluding carboxylic acids is 2. The van der Waals surface area contributed by atoms with E-state index in [1.807, 2.05) is 37.3 Å². The normalized spacial score (nSPS) is 23.4. The van der Waals surface area contributed by atoms with Gasteiger partial charge in [0.05, 0.1) is 12.8 Å². The molecule has 0 saturated carbocycles. The van der Waals surface area contributed by atoms with Gasteiger partial charge < -0.3 is 14.7 Å². The minimum atomic E-state index is -1.17. The maximum atomic E-state index is 12.9. The zero-order chi connectivity index (χ0) is 23.1. The number of carbonyl (C=O) groups is 3. The number of tetrazole rings is 1. The number of hydrogen-bond donors (Lipinski definition) is 2. The van der Waals surface area contributed by atoms with Crippen LogP contribution in [0.4, 0.5) is 5.69 Å². The number of aliphatic carboxylic acids is 1. The van der Waals surface area contributed by atoms with E-state index in [2.05, 4.69) is 20.8 Å². The first-order valence-electron chi connectivity index (χ1n) is 10.4. The molecular weight excluding hydrogens is 450 g/mol. The molecule has 3 aliphatic rings. The summed E-state index contributed by atoms with van der Waals surface area (Å²) in [5.74, 6) is -1.40. The van der Waals surface area contributed by atoms with Gasteiger partial charge in [0.25, 0.3) is 0 Å². The van der Waals surface area contributed by atoms with Gasteiger partial charge in [-0.1, -0.05) is 30.0 Å². The maximum absolute atomic E-state index is 12.9. The van der Waals surface area contributed by atoms with Gasteiger partial charge in [-0.05, 0) is 29.5 Å². The number of nitrogens with one attached hydrogen (secondary N) is 1. The topological polar surface area (TPSA) is 143 Å². The molecule has 3 aliphatic heterocycles. The molecule has 5 rings (SSSR count). The third-order valence-corrected chi connectivity index (χ3v) is 6.94. The van der Waals surface area contributed by atoms with Crippen LogP contribution < -0.4 is 10.2 Å². The Morgan fingerprint density at radius 1 is 1.33 bits per heavy atom. The molecule has 2 fully saturated rings. The summed E-state index contributed by atoms with van der Waals surface area (Å²) in [6, 6.07) is 8.53. The highest BCUT2D eigenvalue weighted by Gasteiger charge is 2.62. The minimum Gasteiger partial charge on any atom is -0.477 e. The first-order chi connectivity index (χ1) is 16.0. The van der Waals surface area contributed by atoms with Crippen molar-refractivity contribution in [3.05, 3.63) is 41.6 Å². The van der Waals surface area contributed by atoms with Crippen molar-refractivity contribution in [1.29, 1.82) is 0 Å². The van der Waals surface area contributed by atoms with Crippen molar-refractivity contribution in [1.82, 2.24) is 30.4 Å². The summed E-state index contributed by atoms with van der Waals surface area (Å²) in [6.07, 6.45) is -0.493. The van der Waals surface area contributed by atoms with Gasteiger partial charge >= 0.3 is 5.97 Å². The number of benzene rings is 1. The van der Waals surface area contributed by atoms with Crippen LogP contribution in [0.3, 0.4) is 0 Å². The van der Waals surface area contributed by atoms with Gasteiger partial charge in [0.15, 0.2) is 0 Å². The molecule has 4 heterocycles. The molecule has 172 valence electrons. The van der Waals surface area contributed by atoms with E-state index < -0.39 is 18.1 Å². The predicted octanol–water partition coefficient (Wildman–Crippen LogP) is -0.304. The first-order valence-corrected chi connectivity index (χ1v) is 11.4. The number of ether oxygens (including phenoxy) is 1. The number of nitrogens with zero attached hydrogens (tertiary/aromatic N) is 6. The lowest BCUT2D eigenvalue weighted by Gasteiger charge is -2.48. The molecule has 33 heavy (non-hydrogen) atoms. The van der Waals surface area contributed by atoms with E-state index in [9.17, 15) is 19.5 Å². The zero-order valence-corrected chi connectivity index (χ0v) is 18.4. The largest absolute Gasteiger partial charge is 0.477 e. The quantitative estimate of drug-likeness (QED) is 0.389. The number of aromatic nitrogens is 4. The summed E-state index contributed by atoms with van der Waals surface area (Å²) >= 11 is 1.20. The highest BCUT2D eigenvalue weighted by molar-refractivity contribution is 7.99. The molecule has 0 radical (unpaired) electrons. The van der Waals surface area contributed by atoms with Crippen molar-refractivity contribution in [3.8, 4) is 0 Å². The van der Waals surface area contributed by atoms with E-state index in [1.165, 1.54) is 21.3 Å². The van der Waals surface area contributed by atoms with Crippen molar-refractivity contribution >= 4 is 35.2 Å². The van der Waals surface area contributed by atoms with Crippen LogP contribution in [0.5, 0.6) is 0 Å². The summed E-state index contributed by atoms with van der Waals surface area (Å²) < 4.78 is 7.13. The first kappa shape index (κ1) is 21.6. The van der Waals surface area contributed by atoms with Gasteiger partial charge in [-0.2, -0.15) is 0 Å². The second-order valence-electron chi connectivity index (χ2n) is 7.67. The van der Waals surface area contributed by atoms with Gasteiger partial charge in [0.2, 0.25) is 17.0 Å². The number of likely N-dealkylation sites (N-methyl/N-ethyl adjacent to an activating group) is 1. The Morgan fingerprint density at radius 2 is 2.12 bits per heavy atom. The summed E-state index contributed by atoms with van der Waals surface area (Å²) in [5.41, 5.74) is 1.25.